The second kappa shape index (κ2) is 9.01. The van der Waals surface area contributed by atoms with Gasteiger partial charge in [0.1, 0.15) is 6.10 Å². The molecule has 3 nitrogen and oxygen atoms in total. The Hall–Kier alpha value is -0.560. The average molecular weight is 199 g/mol. The Morgan fingerprint density at radius 1 is 1.36 bits per heavy atom. The molecule has 2 atom stereocenters. The first-order chi connectivity index (χ1) is 6.74. The molecule has 2 unspecified atom stereocenters. The van der Waals surface area contributed by atoms with Gasteiger partial charge in [0.15, 0.2) is 0 Å². The summed E-state index contributed by atoms with van der Waals surface area (Å²) >= 11 is 0. The van der Waals surface area contributed by atoms with E-state index in [1.54, 1.807) is 0 Å². The zero-order valence-corrected chi connectivity index (χ0v) is 9.16. The van der Waals surface area contributed by atoms with Gasteiger partial charge in [-0.15, -0.1) is 6.42 Å². The third-order valence-corrected chi connectivity index (χ3v) is 1.98. The van der Waals surface area contributed by atoms with Gasteiger partial charge in [-0.05, 0) is 26.3 Å². The highest BCUT2D eigenvalue weighted by Gasteiger charge is 2.04. The van der Waals surface area contributed by atoms with Crippen LogP contribution >= 0.6 is 0 Å². The van der Waals surface area contributed by atoms with Gasteiger partial charge < -0.3 is 15.2 Å². The molecule has 0 aliphatic heterocycles. The maximum Gasteiger partial charge on any atom is 0.115 e. The lowest BCUT2D eigenvalue weighted by Gasteiger charge is -2.15. The smallest absolute Gasteiger partial charge is 0.115 e. The van der Waals surface area contributed by atoms with Crippen LogP contribution in [0.25, 0.3) is 0 Å². The highest BCUT2D eigenvalue weighted by molar-refractivity contribution is 4.91. The summed E-state index contributed by atoms with van der Waals surface area (Å²) in [6, 6.07) is 0. The number of terminal acetylenes is 1. The molecule has 0 heterocycles. The first-order valence-corrected chi connectivity index (χ1v) is 5.14. The summed E-state index contributed by atoms with van der Waals surface area (Å²) < 4.78 is 10.8. The minimum Gasteiger partial charge on any atom is -0.376 e. The predicted molar refractivity (Wildman–Crippen MR) is 57.9 cm³/mol. The molecule has 82 valence electrons. The maximum atomic E-state index is 5.55. The molecule has 0 fully saturated rings. The fourth-order valence-electron chi connectivity index (χ4n) is 1.08. The van der Waals surface area contributed by atoms with Gasteiger partial charge >= 0.3 is 0 Å². The molecule has 0 rings (SSSR count). The summed E-state index contributed by atoms with van der Waals surface area (Å²) in [7, 11) is 0. The zero-order valence-electron chi connectivity index (χ0n) is 9.16. The van der Waals surface area contributed by atoms with Gasteiger partial charge in [0, 0.05) is 0 Å². The van der Waals surface area contributed by atoms with E-state index in [0.717, 1.165) is 12.8 Å². The van der Waals surface area contributed by atoms with E-state index < -0.39 is 0 Å². The molecule has 0 amide bonds. The number of hydrogen-bond donors (Lipinski definition) is 1. The van der Waals surface area contributed by atoms with Gasteiger partial charge in [-0.25, -0.2) is 0 Å². The monoisotopic (exact) mass is 199 g/mol. The van der Waals surface area contributed by atoms with Crippen LogP contribution in [-0.2, 0) is 9.47 Å². The van der Waals surface area contributed by atoms with Gasteiger partial charge in [-0.2, -0.15) is 0 Å². The standard InChI is InChI=1S/C11H21NO2/c1-4-10(3)13-8-9-14-11(5-2)6-7-12/h1,10-11H,5-9,12H2,2-3H3. The molecule has 0 aliphatic rings. The first-order valence-electron chi connectivity index (χ1n) is 5.14. The SMILES string of the molecule is C#CC(C)OCCOC(CC)CCN. The Balaban J connectivity index is 3.38. The van der Waals surface area contributed by atoms with Crippen molar-refractivity contribution in [3.05, 3.63) is 0 Å². The van der Waals surface area contributed by atoms with Gasteiger partial charge in [-0.1, -0.05) is 12.8 Å². The molecule has 0 saturated heterocycles. The second-order valence-electron chi connectivity index (χ2n) is 3.16. The van der Waals surface area contributed by atoms with E-state index in [4.69, 9.17) is 21.6 Å². The molecule has 0 aromatic heterocycles. The van der Waals surface area contributed by atoms with Crippen molar-refractivity contribution >= 4 is 0 Å². The van der Waals surface area contributed by atoms with Gasteiger partial charge in [0.25, 0.3) is 0 Å². The van der Waals surface area contributed by atoms with Crippen LogP contribution in [0.15, 0.2) is 0 Å². The summed E-state index contributed by atoms with van der Waals surface area (Å²) in [4.78, 5) is 0. The highest BCUT2D eigenvalue weighted by Crippen LogP contribution is 2.02. The largest absolute Gasteiger partial charge is 0.376 e. The molecule has 0 radical (unpaired) electrons. The first kappa shape index (κ1) is 13.4. The van der Waals surface area contributed by atoms with Crippen LogP contribution in [0.1, 0.15) is 26.7 Å². The molecule has 3 heteroatoms. The van der Waals surface area contributed by atoms with Crippen molar-refractivity contribution in [3.63, 3.8) is 0 Å². The van der Waals surface area contributed by atoms with E-state index in [1.807, 2.05) is 6.92 Å². The summed E-state index contributed by atoms with van der Waals surface area (Å²) in [6.07, 6.45) is 7.17. The van der Waals surface area contributed by atoms with Crippen molar-refractivity contribution in [1.82, 2.24) is 0 Å². The molecule has 0 bridgehead atoms. The number of nitrogens with two attached hydrogens (primary N) is 1. The third kappa shape index (κ3) is 6.90. The minimum atomic E-state index is -0.131. The van der Waals surface area contributed by atoms with Crippen LogP contribution in [0.4, 0.5) is 0 Å². The fourth-order valence-corrected chi connectivity index (χ4v) is 1.08. The topological polar surface area (TPSA) is 44.5 Å². The molecular formula is C11H21NO2. The number of ether oxygens (including phenoxy) is 2. The van der Waals surface area contributed by atoms with Crippen LogP contribution in [-0.4, -0.2) is 32.0 Å². The van der Waals surface area contributed by atoms with Crippen molar-refractivity contribution in [3.8, 4) is 12.3 Å². The van der Waals surface area contributed by atoms with Gasteiger partial charge in [-0.3, -0.25) is 0 Å². The molecule has 0 spiro atoms. The summed E-state index contributed by atoms with van der Waals surface area (Å²) in [5.41, 5.74) is 5.44. The predicted octanol–water partition coefficient (Wildman–Crippen LogP) is 1.17. The molecule has 0 aliphatic carbocycles. The normalized spacial score (nSPS) is 14.7. The number of hydrogen-bond acceptors (Lipinski definition) is 3. The fraction of sp³-hybridized carbons (Fsp3) is 0.818. The lowest BCUT2D eigenvalue weighted by molar-refractivity contribution is -0.00759. The average Bonchev–Trinajstić information content (AvgIpc) is 2.22. The Kier molecular flexibility index (Phi) is 8.65. The van der Waals surface area contributed by atoms with Crippen molar-refractivity contribution in [2.45, 2.75) is 38.9 Å². The minimum absolute atomic E-state index is 0.131. The van der Waals surface area contributed by atoms with Gasteiger partial charge in [0.2, 0.25) is 0 Å². The van der Waals surface area contributed by atoms with Crippen LogP contribution in [0.3, 0.4) is 0 Å². The summed E-state index contributed by atoms with van der Waals surface area (Å²) in [6.45, 7) is 5.74. The van der Waals surface area contributed by atoms with Crippen LogP contribution in [0, 0.1) is 12.3 Å². The van der Waals surface area contributed by atoms with E-state index in [9.17, 15) is 0 Å². The zero-order chi connectivity index (χ0) is 10.8. The Morgan fingerprint density at radius 2 is 2.00 bits per heavy atom. The Labute approximate surface area is 87.0 Å². The van der Waals surface area contributed by atoms with Crippen LogP contribution in [0.2, 0.25) is 0 Å². The van der Waals surface area contributed by atoms with Crippen LogP contribution < -0.4 is 5.73 Å². The van der Waals surface area contributed by atoms with Crippen molar-refractivity contribution < 1.29 is 9.47 Å². The van der Waals surface area contributed by atoms with Crippen LogP contribution in [0.5, 0.6) is 0 Å². The quantitative estimate of drug-likeness (QED) is 0.471. The lowest BCUT2D eigenvalue weighted by atomic mass is 10.2. The lowest BCUT2D eigenvalue weighted by Crippen LogP contribution is -2.20. The van der Waals surface area contributed by atoms with Crippen molar-refractivity contribution in [1.29, 1.82) is 0 Å². The molecule has 0 saturated carbocycles. The molecule has 0 aromatic carbocycles. The van der Waals surface area contributed by atoms with Gasteiger partial charge in [0.05, 0.1) is 19.3 Å². The second-order valence-corrected chi connectivity index (χ2v) is 3.16. The molecule has 0 aromatic rings. The summed E-state index contributed by atoms with van der Waals surface area (Å²) in [5, 5.41) is 0. The molecule has 14 heavy (non-hydrogen) atoms. The Bertz CT molecular complexity index is 165. The van der Waals surface area contributed by atoms with E-state index >= 15 is 0 Å². The van der Waals surface area contributed by atoms with E-state index in [1.165, 1.54) is 0 Å². The Morgan fingerprint density at radius 3 is 2.50 bits per heavy atom. The van der Waals surface area contributed by atoms with E-state index in [0.29, 0.717) is 19.8 Å². The van der Waals surface area contributed by atoms with Crippen molar-refractivity contribution in [2.75, 3.05) is 19.8 Å². The highest BCUT2D eigenvalue weighted by atomic mass is 16.5. The molecule has 2 N–H and O–H groups in total. The molecular weight excluding hydrogens is 178 g/mol. The third-order valence-electron chi connectivity index (χ3n) is 1.98. The summed E-state index contributed by atoms with van der Waals surface area (Å²) in [5.74, 6) is 2.49. The maximum absolute atomic E-state index is 5.55. The van der Waals surface area contributed by atoms with E-state index in [2.05, 4.69) is 12.8 Å². The van der Waals surface area contributed by atoms with Crippen molar-refractivity contribution in [2.24, 2.45) is 5.73 Å². The van der Waals surface area contributed by atoms with E-state index in [-0.39, 0.29) is 12.2 Å². The number of rotatable bonds is 8.